The predicted octanol–water partition coefficient (Wildman–Crippen LogP) is 3.60. The van der Waals surface area contributed by atoms with Crippen LogP contribution in [0.25, 0.3) is 0 Å². The number of hydroxylamine groups is 2. The molecule has 6 heteroatoms. The zero-order valence-electron chi connectivity index (χ0n) is 17.4. The maximum Gasteiger partial charge on any atom is 0.309 e. The van der Waals surface area contributed by atoms with Crippen LogP contribution in [0.15, 0.2) is 29.3 Å². The molecule has 28 heavy (non-hydrogen) atoms. The maximum absolute atomic E-state index is 5.89. The summed E-state index contributed by atoms with van der Waals surface area (Å²) in [6, 6.07) is 8.50. The van der Waals surface area contributed by atoms with Gasteiger partial charge in [0.05, 0.1) is 6.61 Å². The molecule has 1 aromatic carbocycles. The van der Waals surface area contributed by atoms with Crippen molar-refractivity contribution in [3.05, 3.63) is 24.3 Å². The number of hydrogen-bond donors (Lipinski definition) is 1. The van der Waals surface area contributed by atoms with E-state index >= 15 is 0 Å². The highest BCUT2D eigenvalue weighted by Gasteiger charge is 2.44. The average molecular weight is 387 g/mol. The minimum atomic E-state index is 0.140. The lowest BCUT2D eigenvalue weighted by Crippen LogP contribution is -2.40. The fourth-order valence-corrected chi connectivity index (χ4v) is 4.70. The number of hydrogen-bond acceptors (Lipinski definition) is 6. The number of amidine groups is 1. The first-order valence-corrected chi connectivity index (χ1v) is 10.7. The van der Waals surface area contributed by atoms with Gasteiger partial charge in [-0.2, -0.15) is 0 Å². The van der Waals surface area contributed by atoms with E-state index in [1.165, 1.54) is 19.3 Å². The highest BCUT2D eigenvalue weighted by atomic mass is 16.7. The van der Waals surface area contributed by atoms with Crippen molar-refractivity contribution < 1.29 is 9.57 Å². The maximum atomic E-state index is 5.89. The van der Waals surface area contributed by atoms with Crippen LogP contribution in [-0.4, -0.2) is 48.9 Å². The summed E-state index contributed by atoms with van der Waals surface area (Å²) in [4.78, 5) is 13.0. The lowest BCUT2D eigenvalue weighted by Gasteiger charge is -2.32. The number of nitrogens with two attached hydrogens (primary N) is 1. The standard InChI is InChI=1S/C22H34N4O2/c1-15(2)21-24-22(28-25(21)3)26-11-8-16(9-12-26)20-14-17(20)10-13-27-19-6-4-18(23)5-7-19/h4-7,15-17,20-21H,8-14,23H2,1-3H3. The van der Waals surface area contributed by atoms with Crippen LogP contribution < -0.4 is 10.5 Å². The molecule has 3 aliphatic rings. The Bertz CT molecular complexity index is 682. The van der Waals surface area contributed by atoms with Crippen LogP contribution in [-0.2, 0) is 4.84 Å². The fraction of sp³-hybridized carbons (Fsp3) is 0.682. The number of aliphatic imine (C=N–C) groups is 1. The number of nitrogens with zero attached hydrogens (tertiary/aromatic N) is 3. The van der Waals surface area contributed by atoms with Gasteiger partial charge in [-0.25, -0.2) is 4.99 Å². The molecule has 2 aliphatic heterocycles. The van der Waals surface area contributed by atoms with E-state index < -0.39 is 0 Å². The Morgan fingerprint density at radius 3 is 2.57 bits per heavy atom. The van der Waals surface area contributed by atoms with E-state index in [0.29, 0.717) is 5.92 Å². The summed E-state index contributed by atoms with van der Waals surface area (Å²) in [5.74, 6) is 3.94. The van der Waals surface area contributed by atoms with Gasteiger partial charge >= 0.3 is 6.02 Å². The smallest absolute Gasteiger partial charge is 0.309 e. The quantitative estimate of drug-likeness (QED) is 0.757. The zero-order valence-corrected chi connectivity index (χ0v) is 17.4. The molecular weight excluding hydrogens is 352 g/mol. The number of rotatable bonds is 6. The molecular formula is C22H34N4O2. The van der Waals surface area contributed by atoms with Crippen LogP contribution >= 0.6 is 0 Å². The first-order valence-electron chi connectivity index (χ1n) is 10.7. The molecule has 1 saturated heterocycles. The molecule has 0 aromatic heterocycles. The van der Waals surface area contributed by atoms with Gasteiger partial charge in [0, 0.05) is 25.8 Å². The molecule has 1 saturated carbocycles. The fourth-order valence-electron chi connectivity index (χ4n) is 4.70. The van der Waals surface area contributed by atoms with Gasteiger partial charge in [-0.1, -0.05) is 13.8 Å². The van der Waals surface area contributed by atoms with Crippen molar-refractivity contribution in [2.24, 2.45) is 28.7 Å². The van der Waals surface area contributed by atoms with E-state index in [1.807, 2.05) is 36.4 Å². The minimum Gasteiger partial charge on any atom is -0.494 e. The molecule has 2 heterocycles. The third-order valence-corrected chi connectivity index (χ3v) is 6.47. The average Bonchev–Trinajstić information content (AvgIpc) is 3.35. The van der Waals surface area contributed by atoms with Crippen molar-refractivity contribution in [1.82, 2.24) is 9.96 Å². The van der Waals surface area contributed by atoms with Crippen LogP contribution in [0.4, 0.5) is 5.69 Å². The van der Waals surface area contributed by atoms with Gasteiger partial charge in [-0.05, 0) is 73.6 Å². The third-order valence-electron chi connectivity index (χ3n) is 6.47. The van der Waals surface area contributed by atoms with E-state index in [-0.39, 0.29) is 6.17 Å². The summed E-state index contributed by atoms with van der Waals surface area (Å²) in [7, 11) is 1.98. The van der Waals surface area contributed by atoms with E-state index in [0.717, 1.165) is 61.3 Å². The molecule has 3 unspecified atom stereocenters. The second kappa shape index (κ2) is 8.19. The Morgan fingerprint density at radius 2 is 1.93 bits per heavy atom. The molecule has 3 atom stereocenters. The highest BCUT2D eigenvalue weighted by Crippen LogP contribution is 2.49. The van der Waals surface area contributed by atoms with Crippen LogP contribution in [0.1, 0.15) is 39.5 Å². The molecule has 0 spiro atoms. The molecule has 154 valence electrons. The van der Waals surface area contributed by atoms with Crippen LogP contribution in [0.5, 0.6) is 5.75 Å². The monoisotopic (exact) mass is 386 g/mol. The molecule has 0 radical (unpaired) electrons. The Labute approximate surface area is 168 Å². The van der Waals surface area contributed by atoms with Crippen molar-refractivity contribution in [2.45, 2.75) is 45.7 Å². The van der Waals surface area contributed by atoms with Crippen LogP contribution in [0, 0.1) is 23.7 Å². The van der Waals surface area contributed by atoms with Crippen molar-refractivity contribution >= 4 is 11.7 Å². The molecule has 1 aliphatic carbocycles. The van der Waals surface area contributed by atoms with Crippen LogP contribution in [0.2, 0.25) is 0 Å². The van der Waals surface area contributed by atoms with Crippen molar-refractivity contribution in [3.63, 3.8) is 0 Å². The third kappa shape index (κ3) is 4.37. The van der Waals surface area contributed by atoms with Gasteiger partial charge in [0.1, 0.15) is 11.9 Å². The van der Waals surface area contributed by atoms with Crippen molar-refractivity contribution in [1.29, 1.82) is 0 Å². The first kappa shape index (κ1) is 19.4. The zero-order chi connectivity index (χ0) is 19.7. The predicted molar refractivity (Wildman–Crippen MR) is 112 cm³/mol. The number of nitrogen functional groups attached to an aromatic ring is 1. The molecule has 4 rings (SSSR count). The van der Waals surface area contributed by atoms with E-state index in [1.54, 1.807) is 0 Å². The first-order chi connectivity index (χ1) is 13.5. The number of piperidine rings is 1. The molecule has 6 nitrogen and oxygen atoms in total. The Kier molecular flexibility index (Phi) is 5.67. The summed E-state index contributed by atoms with van der Waals surface area (Å²) in [6.07, 6.45) is 5.16. The number of anilines is 1. The van der Waals surface area contributed by atoms with E-state index in [2.05, 4.69) is 18.7 Å². The highest BCUT2D eigenvalue weighted by molar-refractivity contribution is 5.75. The normalized spacial score (nSPS) is 28.4. The largest absolute Gasteiger partial charge is 0.494 e. The number of likely N-dealkylation sites (tertiary alicyclic amines) is 1. The molecule has 1 aromatic rings. The summed E-state index contributed by atoms with van der Waals surface area (Å²) in [6.45, 7) is 7.30. The van der Waals surface area contributed by atoms with Gasteiger partial charge < -0.3 is 20.2 Å². The topological polar surface area (TPSA) is 63.3 Å². The second-order valence-corrected chi connectivity index (χ2v) is 8.90. The number of ether oxygens (including phenoxy) is 1. The second-order valence-electron chi connectivity index (χ2n) is 8.90. The lowest BCUT2D eigenvalue weighted by atomic mass is 9.90. The van der Waals surface area contributed by atoms with Gasteiger partial charge in [0.15, 0.2) is 0 Å². The number of benzene rings is 1. The lowest BCUT2D eigenvalue weighted by molar-refractivity contribution is -0.0800. The molecule has 0 bridgehead atoms. The Hall–Kier alpha value is -1.95. The van der Waals surface area contributed by atoms with Gasteiger partial charge in [-0.3, -0.25) is 0 Å². The summed E-state index contributed by atoms with van der Waals surface area (Å²) in [5.41, 5.74) is 6.49. The van der Waals surface area contributed by atoms with E-state index in [9.17, 15) is 0 Å². The molecule has 2 fully saturated rings. The van der Waals surface area contributed by atoms with Crippen molar-refractivity contribution in [3.8, 4) is 5.75 Å². The van der Waals surface area contributed by atoms with Gasteiger partial charge in [0.25, 0.3) is 0 Å². The summed E-state index contributed by atoms with van der Waals surface area (Å²) >= 11 is 0. The SMILES string of the molecule is CC(C)C1N=C(N2CCC(C3CC3CCOc3ccc(N)cc3)CC2)ON1C. The molecule has 0 amide bonds. The van der Waals surface area contributed by atoms with Gasteiger partial charge in [0.2, 0.25) is 0 Å². The van der Waals surface area contributed by atoms with Crippen LogP contribution in [0.3, 0.4) is 0 Å². The molecule has 2 N–H and O–H groups in total. The van der Waals surface area contributed by atoms with Gasteiger partial charge in [-0.15, -0.1) is 5.06 Å². The minimum absolute atomic E-state index is 0.140. The summed E-state index contributed by atoms with van der Waals surface area (Å²) in [5, 5.41) is 1.89. The Balaban J connectivity index is 1.17. The Morgan fingerprint density at radius 1 is 1.21 bits per heavy atom. The van der Waals surface area contributed by atoms with Crippen molar-refractivity contribution in [2.75, 3.05) is 32.5 Å². The van der Waals surface area contributed by atoms with E-state index in [4.69, 9.17) is 20.3 Å². The summed E-state index contributed by atoms with van der Waals surface area (Å²) < 4.78 is 5.87.